The minimum absolute atomic E-state index is 0.0660. The lowest BCUT2D eigenvalue weighted by atomic mass is 10.3. The van der Waals surface area contributed by atoms with Crippen LogP contribution in [-0.4, -0.2) is 14.9 Å². The third kappa shape index (κ3) is 1.11. The maximum absolute atomic E-state index is 8.95. The van der Waals surface area contributed by atoms with Gasteiger partial charge in [-0.2, -0.15) is 5.10 Å². The third-order valence-electron chi connectivity index (χ3n) is 1.75. The molecule has 0 aliphatic rings. The molecule has 4 heteroatoms. The number of rotatable bonds is 1. The Hall–Kier alpha value is -0.620. The maximum atomic E-state index is 8.95. The average molecular weight is 274 g/mol. The van der Waals surface area contributed by atoms with E-state index in [-0.39, 0.29) is 6.73 Å². The first-order valence-electron chi connectivity index (χ1n) is 3.55. The monoisotopic (exact) mass is 274 g/mol. The molecule has 0 aliphatic heterocycles. The summed E-state index contributed by atoms with van der Waals surface area (Å²) in [6, 6.07) is 7.84. The number of aliphatic hydroxyl groups excluding tert-OH is 1. The van der Waals surface area contributed by atoms with Crippen LogP contribution in [0.15, 0.2) is 24.3 Å². The van der Waals surface area contributed by atoms with E-state index in [0.717, 1.165) is 14.6 Å². The summed E-state index contributed by atoms with van der Waals surface area (Å²) < 4.78 is 2.51. The fourth-order valence-corrected chi connectivity index (χ4v) is 1.91. The Morgan fingerprint density at radius 1 is 1.42 bits per heavy atom. The Balaban J connectivity index is 2.82. The number of halogens is 1. The molecule has 0 unspecified atom stereocenters. The van der Waals surface area contributed by atoms with Gasteiger partial charge in [0.2, 0.25) is 0 Å². The van der Waals surface area contributed by atoms with Gasteiger partial charge in [0.15, 0.2) is 0 Å². The highest BCUT2D eigenvalue weighted by atomic mass is 127. The molecule has 0 spiro atoms. The van der Waals surface area contributed by atoms with Crippen LogP contribution >= 0.6 is 22.6 Å². The first-order valence-corrected chi connectivity index (χ1v) is 4.62. The highest BCUT2D eigenvalue weighted by molar-refractivity contribution is 14.1. The molecule has 1 N–H and O–H groups in total. The molecular formula is C8H7IN2O. The quantitative estimate of drug-likeness (QED) is 0.802. The minimum atomic E-state index is -0.0660. The highest BCUT2D eigenvalue weighted by Gasteiger charge is 2.04. The van der Waals surface area contributed by atoms with Gasteiger partial charge in [-0.05, 0) is 28.7 Å². The van der Waals surface area contributed by atoms with E-state index in [9.17, 15) is 0 Å². The van der Waals surface area contributed by atoms with Crippen LogP contribution in [0.4, 0.5) is 0 Å². The second-order valence-electron chi connectivity index (χ2n) is 2.45. The van der Waals surface area contributed by atoms with Gasteiger partial charge in [-0.25, -0.2) is 4.68 Å². The van der Waals surface area contributed by atoms with E-state index in [1.165, 1.54) is 0 Å². The van der Waals surface area contributed by atoms with Gasteiger partial charge in [0, 0.05) is 5.39 Å². The number of fused-ring (bicyclic) bond motifs is 1. The molecule has 1 aromatic heterocycles. The van der Waals surface area contributed by atoms with Gasteiger partial charge in [0.25, 0.3) is 0 Å². The molecule has 12 heavy (non-hydrogen) atoms. The third-order valence-corrected chi connectivity index (χ3v) is 2.54. The number of nitrogens with zero attached hydrogens (tertiary/aromatic N) is 2. The van der Waals surface area contributed by atoms with Gasteiger partial charge < -0.3 is 5.11 Å². The van der Waals surface area contributed by atoms with E-state index < -0.39 is 0 Å². The Bertz CT molecular complexity index is 410. The van der Waals surface area contributed by atoms with Crippen molar-refractivity contribution in [1.82, 2.24) is 9.78 Å². The Morgan fingerprint density at radius 2 is 2.17 bits per heavy atom. The van der Waals surface area contributed by atoms with Crippen LogP contribution < -0.4 is 0 Å². The van der Waals surface area contributed by atoms with E-state index in [1.54, 1.807) is 4.68 Å². The topological polar surface area (TPSA) is 38.0 Å². The van der Waals surface area contributed by atoms with Gasteiger partial charge in [-0.3, -0.25) is 0 Å². The molecule has 0 saturated carbocycles. The molecule has 2 aromatic rings. The lowest BCUT2D eigenvalue weighted by Gasteiger charge is -1.94. The molecule has 0 radical (unpaired) electrons. The fraction of sp³-hybridized carbons (Fsp3) is 0.125. The Morgan fingerprint density at radius 3 is 2.92 bits per heavy atom. The molecule has 0 aliphatic carbocycles. The zero-order chi connectivity index (χ0) is 8.55. The van der Waals surface area contributed by atoms with Crippen LogP contribution in [-0.2, 0) is 6.73 Å². The van der Waals surface area contributed by atoms with Crippen LogP contribution in [0.5, 0.6) is 0 Å². The van der Waals surface area contributed by atoms with E-state index in [2.05, 4.69) is 27.7 Å². The Labute approximate surface area is 83.1 Å². The van der Waals surface area contributed by atoms with Gasteiger partial charge >= 0.3 is 0 Å². The zero-order valence-corrected chi connectivity index (χ0v) is 8.39. The number of benzene rings is 1. The SMILES string of the molecule is OCn1nc(I)c2ccccc21. The molecule has 2 rings (SSSR count). The van der Waals surface area contributed by atoms with Crippen LogP contribution in [0.1, 0.15) is 0 Å². The first-order chi connectivity index (χ1) is 5.83. The Kier molecular flexibility index (Phi) is 2.02. The number of aliphatic hydroxyl groups is 1. The summed E-state index contributed by atoms with van der Waals surface area (Å²) in [5.74, 6) is 0. The maximum Gasteiger partial charge on any atom is 0.136 e. The van der Waals surface area contributed by atoms with Gasteiger partial charge in [-0.15, -0.1) is 0 Å². The van der Waals surface area contributed by atoms with Gasteiger partial charge in [-0.1, -0.05) is 18.2 Å². The standard InChI is InChI=1S/C8H7IN2O/c9-8-6-3-1-2-4-7(6)11(5-12)10-8/h1-4,12H,5H2. The fourth-order valence-electron chi connectivity index (χ4n) is 1.19. The van der Waals surface area contributed by atoms with Crippen LogP contribution in [0.25, 0.3) is 10.9 Å². The molecule has 1 aromatic carbocycles. The van der Waals surface area contributed by atoms with Crippen molar-refractivity contribution in [3.8, 4) is 0 Å². The van der Waals surface area contributed by atoms with Crippen molar-refractivity contribution in [2.45, 2.75) is 6.73 Å². The van der Waals surface area contributed by atoms with Crippen LogP contribution in [0.3, 0.4) is 0 Å². The predicted molar refractivity (Wildman–Crippen MR) is 54.7 cm³/mol. The van der Waals surface area contributed by atoms with E-state index >= 15 is 0 Å². The van der Waals surface area contributed by atoms with Crippen molar-refractivity contribution in [3.05, 3.63) is 28.0 Å². The number of hydrogen-bond donors (Lipinski definition) is 1. The zero-order valence-electron chi connectivity index (χ0n) is 6.24. The molecule has 0 fully saturated rings. The van der Waals surface area contributed by atoms with Crippen molar-refractivity contribution in [2.24, 2.45) is 0 Å². The second-order valence-corrected chi connectivity index (χ2v) is 3.47. The molecule has 3 nitrogen and oxygen atoms in total. The van der Waals surface area contributed by atoms with Crippen LogP contribution in [0, 0.1) is 3.70 Å². The summed E-state index contributed by atoms with van der Waals surface area (Å²) in [7, 11) is 0. The van der Waals surface area contributed by atoms with E-state index in [4.69, 9.17) is 5.11 Å². The number of para-hydroxylation sites is 1. The van der Waals surface area contributed by atoms with Crippen molar-refractivity contribution < 1.29 is 5.11 Å². The van der Waals surface area contributed by atoms with Crippen molar-refractivity contribution in [1.29, 1.82) is 0 Å². The molecule has 0 bridgehead atoms. The summed E-state index contributed by atoms with van der Waals surface area (Å²) in [4.78, 5) is 0. The summed E-state index contributed by atoms with van der Waals surface area (Å²) in [6.45, 7) is -0.0660. The highest BCUT2D eigenvalue weighted by Crippen LogP contribution is 2.18. The lowest BCUT2D eigenvalue weighted by Crippen LogP contribution is -1.97. The molecular weight excluding hydrogens is 267 g/mol. The summed E-state index contributed by atoms with van der Waals surface area (Å²) in [5, 5.41) is 14.2. The predicted octanol–water partition coefficient (Wildman–Crippen LogP) is 1.59. The summed E-state index contributed by atoms with van der Waals surface area (Å²) in [5.41, 5.74) is 0.976. The van der Waals surface area contributed by atoms with Crippen molar-refractivity contribution in [3.63, 3.8) is 0 Å². The average Bonchev–Trinajstić information content (AvgIpc) is 2.44. The first kappa shape index (κ1) is 8.00. The van der Waals surface area contributed by atoms with Crippen LogP contribution in [0.2, 0.25) is 0 Å². The molecule has 0 amide bonds. The number of hydrogen-bond acceptors (Lipinski definition) is 2. The van der Waals surface area contributed by atoms with Crippen molar-refractivity contribution in [2.75, 3.05) is 0 Å². The molecule has 0 saturated heterocycles. The smallest absolute Gasteiger partial charge is 0.136 e. The van der Waals surface area contributed by atoms with Crippen molar-refractivity contribution >= 4 is 33.5 Å². The molecule has 62 valence electrons. The summed E-state index contributed by atoms with van der Waals surface area (Å²) >= 11 is 2.16. The largest absolute Gasteiger partial charge is 0.374 e. The van der Waals surface area contributed by atoms with Gasteiger partial charge in [0.1, 0.15) is 10.4 Å². The minimum Gasteiger partial charge on any atom is -0.374 e. The summed E-state index contributed by atoms with van der Waals surface area (Å²) in [6.07, 6.45) is 0. The molecule has 1 heterocycles. The van der Waals surface area contributed by atoms with Gasteiger partial charge in [0.05, 0.1) is 5.52 Å². The lowest BCUT2D eigenvalue weighted by molar-refractivity contribution is 0.200. The van der Waals surface area contributed by atoms with E-state index in [1.807, 2.05) is 24.3 Å². The van der Waals surface area contributed by atoms with E-state index in [0.29, 0.717) is 0 Å². The molecule has 0 atom stereocenters. The second kappa shape index (κ2) is 3.02. The normalized spacial score (nSPS) is 10.8. The number of aromatic nitrogens is 2.